The molecule has 0 aliphatic heterocycles. The van der Waals surface area contributed by atoms with Crippen LogP contribution >= 0.6 is 0 Å². The number of carbonyl (C=O) groups excluding carboxylic acids is 1. The molecule has 0 atom stereocenters. The van der Waals surface area contributed by atoms with Crippen molar-refractivity contribution >= 4 is 17.5 Å². The number of aryl methyl sites for hydroxylation is 1. The molecule has 7 nitrogen and oxygen atoms in total. The highest BCUT2D eigenvalue weighted by Gasteiger charge is 2.21. The third-order valence-electron chi connectivity index (χ3n) is 3.51. The largest absolute Gasteiger partial charge is 0.338 e. The number of nitro benzene ring substituents is 1. The van der Waals surface area contributed by atoms with Crippen LogP contribution in [0.25, 0.3) is 0 Å². The maximum atomic E-state index is 12.2. The number of fused-ring (bicyclic) bond motifs is 1. The lowest BCUT2D eigenvalue weighted by molar-refractivity contribution is -0.384. The Hall–Kier alpha value is -2.70. The molecule has 1 aromatic carbocycles. The number of carbonyl (C=O) groups is 1. The molecule has 2 aromatic rings. The van der Waals surface area contributed by atoms with Crippen LogP contribution in [-0.2, 0) is 12.8 Å². The standard InChI is InChI=1S/C14H13N3O4/c18-13(9-4-3-5-10(8-9)17(19)20)15-14-11-6-1-2-7-12(11)16-21-14/h3-5,8H,1-2,6-7H2,(H,15,18). The van der Waals surface area contributed by atoms with Gasteiger partial charge in [-0.05, 0) is 31.7 Å². The molecular weight excluding hydrogens is 274 g/mol. The predicted octanol–water partition coefficient (Wildman–Crippen LogP) is 2.71. The first kappa shape index (κ1) is 13.3. The summed E-state index contributed by atoms with van der Waals surface area (Å²) in [7, 11) is 0. The zero-order valence-corrected chi connectivity index (χ0v) is 11.2. The van der Waals surface area contributed by atoms with E-state index >= 15 is 0 Å². The normalized spacial score (nSPS) is 13.5. The van der Waals surface area contributed by atoms with E-state index in [1.165, 1.54) is 24.3 Å². The van der Waals surface area contributed by atoms with E-state index in [9.17, 15) is 14.9 Å². The van der Waals surface area contributed by atoms with E-state index < -0.39 is 10.8 Å². The SMILES string of the molecule is O=C(Nc1onc2c1CCCC2)c1cccc([N+](=O)[O-])c1. The maximum Gasteiger partial charge on any atom is 0.270 e. The van der Waals surface area contributed by atoms with Crippen molar-refractivity contribution in [3.8, 4) is 0 Å². The second-order valence-electron chi connectivity index (χ2n) is 4.91. The molecule has 0 saturated carbocycles. The summed E-state index contributed by atoms with van der Waals surface area (Å²) in [6.07, 6.45) is 3.78. The van der Waals surface area contributed by atoms with Crippen molar-refractivity contribution < 1.29 is 14.2 Å². The first-order chi connectivity index (χ1) is 10.1. The minimum Gasteiger partial charge on any atom is -0.338 e. The van der Waals surface area contributed by atoms with Gasteiger partial charge in [-0.3, -0.25) is 20.2 Å². The molecule has 1 heterocycles. The van der Waals surface area contributed by atoms with Crippen LogP contribution in [0.3, 0.4) is 0 Å². The molecule has 1 amide bonds. The quantitative estimate of drug-likeness (QED) is 0.691. The molecule has 1 aliphatic rings. The van der Waals surface area contributed by atoms with Crippen molar-refractivity contribution in [3.05, 3.63) is 51.2 Å². The van der Waals surface area contributed by atoms with Crippen LogP contribution in [-0.4, -0.2) is 16.0 Å². The Kier molecular flexibility index (Phi) is 3.39. The summed E-state index contributed by atoms with van der Waals surface area (Å²) < 4.78 is 5.17. The smallest absolute Gasteiger partial charge is 0.270 e. The van der Waals surface area contributed by atoms with Gasteiger partial charge in [-0.15, -0.1) is 0 Å². The molecule has 3 rings (SSSR count). The topological polar surface area (TPSA) is 98.3 Å². The Morgan fingerprint density at radius 1 is 1.33 bits per heavy atom. The lowest BCUT2D eigenvalue weighted by Crippen LogP contribution is -2.13. The van der Waals surface area contributed by atoms with Crippen molar-refractivity contribution in [1.29, 1.82) is 0 Å². The van der Waals surface area contributed by atoms with Crippen LogP contribution in [0.15, 0.2) is 28.8 Å². The molecule has 1 N–H and O–H groups in total. The molecule has 21 heavy (non-hydrogen) atoms. The highest BCUT2D eigenvalue weighted by Crippen LogP contribution is 2.28. The van der Waals surface area contributed by atoms with E-state index in [2.05, 4.69) is 10.5 Å². The minimum atomic E-state index is -0.535. The predicted molar refractivity (Wildman–Crippen MR) is 74.2 cm³/mol. The number of benzene rings is 1. The molecule has 0 fully saturated rings. The fourth-order valence-corrected chi connectivity index (χ4v) is 2.42. The summed E-state index contributed by atoms with van der Waals surface area (Å²) in [5, 5.41) is 17.3. The Labute approximate surface area is 120 Å². The van der Waals surface area contributed by atoms with Gasteiger partial charge >= 0.3 is 0 Å². The molecule has 1 aromatic heterocycles. The van der Waals surface area contributed by atoms with Gasteiger partial charge in [0.25, 0.3) is 11.6 Å². The monoisotopic (exact) mass is 287 g/mol. The molecule has 108 valence electrons. The van der Waals surface area contributed by atoms with Crippen molar-refractivity contribution in [2.75, 3.05) is 5.32 Å². The second-order valence-corrected chi connectivity index (χ2v) is 4.91. The highest BCUT2D eigenvalue weighted by atomic mass is 16.6. The number of nitrogens with one attached hydrogen (secondary N) is 1. The molecule has 0 bridgehead atoms. The Morgan fingerprint density at radius 2 is 2.14 bits per heavy atom. The van der Waals surface area contributed by atoms with Gasteiger partial charge in [-0.25, -0.2) is 0 Å². The third-order valence-corrected chi connectivity index (χ3v) is 3.51. The average molecular weight is 287 g/mol. The Balaban J connectivity index is 1.82. The van der Waals surface area contributed by atoms with Crippen molar-refractivity contribution in [1.82, 2.24) is 5.16 Å². The van der Waals surface area contributed by atoms with Crippen LogP contribution < -0.4 is 5.32 Å². The van der Waals surface area contributed by atoms with E-state index in [-0.39, 0.29) is 11.3 Å². The lowest BCUT2D eigenvalue weighted by atomic mass is 9.97. The number of amides is 1. The number of non-ortho nitro benzene ring substituents is 1. The van der Waals surface area contributed by atoms with Gasteiger partial charge in [0.15, 0.2) is 0 Å². The summed E-state index contributed by atoms with van der Waals surface area (Å²) in [6, 6.07) is 5.57. The maximum absolute atomic E-state index is 12.2. The average Bonchev–Trinajstić information content (AvgIpc) is 2.91. The summed E-state index contributed by atoms with van der Waals surface area (Å²) in [5.74, 6) is -0.0931. The molecule has 0 radical (unpaired) electrons. The van der Waals surface area contributed by atoms with Crippen LogP contribution in [0.1, 0.15) is 34.5 Å². The highest BCUT2D eigenvalue weighted by molar-refractivity contribution is 6.04. The molecule has 7 heteroatoms. The number of aromatic nitrogens is 1. The third kappa shape index (κ3) is 2.62. The number of rotatable bonds is 3. The molecular formula is C14H13N3O4. The minimum absolute atomic E-state index is 0.123. The summed E-state index contributed by atoms with van der Waals surface area (Å²) >= 11 is 0. The summed E-state index contributed by atoms with van der Waals surface area (Å²) in [5.41, 5.74) is 1.91. The van der Waals surface area contributed by atoms with E-state index in [0.29, 0.717) is 5.88 Å². The number of hydrogen-bond acceptors (Lipinski definition) is 5. The Bertz CT molecular complexity index is 708. The van der Waals surface area contributed by atoms with E-state index in [0.717, 1.165) is 36.9 Å². The van der Waals surface area contributed by atoms with Gasteiger partial charge in [0, 0.05) is 23.3 Å². The molecule has 0 saturated heterocycles. The van der Waals surface area contributed by atoms with E-state index in [4.69, 9.17) is 4.52 Å². The van der Waals surface area contributed by atoms with Gasteiger partial charge in [0.1, 0.15) is 0 Å². The molecule has 0 unspecified atom stereocenters. The number of hydrogen-bond donors (Lipinski definition) is 1. The van der Waals surface area contributed by atoms with Gasteiger partial charge < -0.3 is 4.52 Å². The van der Waals surface area contributed by atoms with Crippen molar-refractivity contribution in [2.45, 2.75) is 25.7 Å². The first-order valence-corrected chi connectivity index (χ1v) is 6.68. The first-order valence-electron chi connectivity index (χ1n) is 6.68. The molecule has 1 aliphatic carbocycles. The van der Waals surface area contributed by atoms with Gasteiger partial charge in [-0.2, -0.15) is 0 Å². The summed E-state index contributed by atoms with van der Waals surface area (Å²) in [4.78, 5) is 22.3. The second kappa shape index (κ2) is 5.35. The number of nitro groups is 1. The van der Waals surface area contributed by atoms with Crippen LogP contribution in [0, 0.1) is 10.1 Å². The van der Waals surface area contributed by atoms with Crippen LogP contribution in [0.2, 0.25) is 0 Å². The van der Waals surface area contributed by atoms with E-state index in [1.807, 2.05) is 0 Å². The zero-order chi connectivity index (χ0) is 14.8. The lowest BCUT2D eigenvalue weighted by Gasteiger charge is -2.09. The van der Waals surface area contributed by atoms with Crippen molar-refractivity contribution in [2.24, 2.45) is 0 Å². The van der Waals surface area contributed by atoms with Gasteiger partial charge in [0.05, 0.1) is 10.6 Å². The zero-order valence-electron chi connectivity index (χ0n) is 11.2. The number of anilines is 1. The van der Waals surface area contributed by atoms with Gasteiger partial charge in [0.2, 0.25) is 5.88 Å². The van der Waals surface area contributed by atoms with E-state index in [1.54, 1.807) is 0 Å². The van der Waals surface area contributed by atoms with Crippen LogP contribution in [0.5, 0.6) is 0 Å². The van der Waals surface area contributed by atoms with Crippen LogP contribution in [0.4, 0.5) is 11.6 Å². The Morgan fingerprint density at radius 3 is 2.95 bits per heavy atom. The van der Waals surface area contributed by atoms with Crippen molar-refractivity contribution in [3.63, 3.8) is 0 Å². The summed E-state index contributed by atoms with van der Waals surface area (Å²) in [6.45, 7) is 0. The van der Waals surface area contributed by atoms with Gasteiger partial charge in [-0.1, -0.05) is 11.2 Å². The fourth-order valence-electron chi connectivity index (χ4n) is 2.42. The fraction of sp³-hybridized carbons (Fsp3) is 0.286. The molecule has 0 spiro atoms. The number of nitrogens with zero attached hydrogens (tertiary/aromatic N) is 2.